The highest BCUT2D eigenvalue weighted by atomic mass is 32.1. The molecule has 0 aliphatic heterocycles. The Bertz CT molecular complexity index is 743. The van der Waals surface area contributed by atoms with Crippen LogP contribution in [0.3, 0.4) is 0 Å². The predicted molar refractivity (Wildman–Crippen MR) is 153 cm³/mol. The van der Waals surface area contributed by atoms with Gasteiger partial charge in [0.2, 0.25) is 0 Å². The van der Waals surface area contributed by atoms with Crippen LogP contribution in [0, 0.1) is 30.1 Å². The summed E-state index contributed by atoms with van der Waals surface area (Å²) in [5, 5.41) is 13.3. The van der Waals surface area contributed by atoms with Crippen LogP contribution in [0.25, 0.3) is 6.08 Å². The van der Waals surface area contributed by atoms with E-state index in [0.717, 1.165) is 42.5 Å². The Hall–Kier alpha value is -1.37. The third-order valence-corrected chi connectivity index (χ3v) is 7.74. The van der Waals surface area contributed by atoms with Crippen LogP contribution in [0.2, 0.25) is 0 Å². The number of aliphatic hydroxyl groups is 1. The van der Waals surface area contributed by atoms with E-state index in [4.69, 9.17) is 4.74 Å². The maximum atomic E-state index is 12.7. The van der Waals surface area contributed by atoms with Crippen LogP contribution in [-0.2, 0) is 14.3 Å². The second-order valence-corrected chi connectivity index (χ2v) is 11.8. The first kappa shape index (κ1) is 34.6. The average Bonchev–Trinajstić information content (AvgIpc) is 3.24. The van der Waals surface area contributed by atoms with Gasteiger partial charge in [0.25, 0.3) is 0 Å². The highest BCUT2D eigenvalue weighted by Gasteiger charge is 2.37. The van der Waals surface area contributed by atoms with Gasteiger partial charge in [0, 0.05) is 36.9 Å². The molecule has 0 aliphatic rings. The molecule has 208 valence electrons. The summed E-state index contributed by atoms with van der Waals surface area (Å²) < 4.78 is 5.22. The zero-order chi connectivity index (χ0) is 27.6. The summed E-state index contributed by atoms with van der Waals surface area (Å²) in [5.41, 5.74) is 0.203. The van der Waals surface area contributed by atoms with E-state index in [2.05, 4.69) is 24.2 Å². The van der Waals surface area contributed by atoms with E-state index >= 15 is 0 Å². The number of hydrogen-bond donors (Lipinski definition) is 1. The van der Waals surface area contributed by atoms with E-state index in [1.165, 1.54) is 32.1 Å². The van der Waals surface area contributed by atoms with Gasteiger partial charge in [-0.1, -0.05) is 79.2 Å². The van der Waals surface area contributed by atoms with Crippen molar-refractivity contribution in [1.29, 1.82) is 0 Å². The number of rotatable bonds is 18. The number of ketones is 1. The van der Waals surface area contributed by atoms with Gasteiger partial charge in [-0.15, -0.1) is 11.3 Å². The van der Waals surface area contributed by atoms with Crippen molar-refractivity contribution in [3.63, 3.8) is 0 Å². The highest BCUT2D eigenvalue weighted by Crippen LogP contribution is 2.31. The number of Topliss-reactive ketones (excluding diaryl/α,β-unsaturated/α-hetero) is 1. The Balaban J connectivity index is 0.00000113. The lowest BCUT2D eigenvalue weighted by Crippen LogP contribution is -2.40. The van der Waals surface area contributed by atoms with Gasteiger partial charge < -0.3 is 14.6 Å². The molecule has 1 heterocycles. The molecule has 1 aromatic rings. The number of unbranched alkanes of at least 4 members (excludes halogenated alkanes) is 1. The number of aromatic nitrogens is 1. The third kappa shape index (κ3) is 14.4. The highest BCUT2D eigenvalue weighted by molar-refractivity contribution is 7.09. The van der Waals surface area contributed by atoms with Crippen molar-refractivity contribution in [2.75, 3.05) is 13.7 Å². The Morgan fingerprint density at radius 3 is 2.39 bits per heavy atom. The van der Waals surface area contributed by atoms with Crippen LogP contribution >= 0.6 is 11.3 Å². The molecule has 0 saturated carbocycles. The minimum atomic E-state index is -0.900. The molecule has 1 rings (SSSR count). The Morgan fingerprint density at radius 1 is 1.19 bits per heavy atom. The van der Waals surface area contributed by atoms with Gasteiger partial charge in [-0.25, -0.2) is 4.98 Å². The number of aliphatic hydroxyl groups excluding tert-OH is 1. The Kier molecular flexibility index (Phi) is 19.0. The first-order valence-corrected chi connectivity index (χ1v) is 14.6. The first-order valence-electron chi connectivity index (χ1n) is 13.7. The Morgan fingerprint density at radius 2 is 1.86 bits per heavy atom. The second kappa shape index (κ2) is 19.7. The molecule has 1 N–H and O–H groups in total. The van der Waals surface area contributed by atoms with Crippen molar-refractivity contribution in [3.8, 4) is 0 Å². The second-order valence-electron chi connectivity index (χ2n) is 10.8. The summed E-state index contributed by atoms with van der Waals surface area (Å²) in [6, 6.07) is 0. The molecule has 6 heteroatoms. The number of methoxy groups -OCH3 is 1. The summed E-state index contributed by atoms with van der Waals surface area (Å²) in [4.78, 5) is 27.6. The fraction of sp³-hybridized carbons (Fsp3) is 0.767. The van der Waals surface area contributed by atoms with Gasteiger partial charge in [0.1, 0.15) is 12.1 Å². The smallest absolute Gasteiger partial charge is 0.143 e. The van der Waals surface area contributed by atoms with E-state index in [9.17, 15) is 14.7 Å². The fourth-order valence-electron chi connectivity index (χ4n) is 4.69. The van der Waals surface area contributed by atoms with E-state index in [-0.39, 0.29) is 18.1 Å². The summed E-state index contributed by atoms with van der Waals surface area (Å²) in [7, 11) is 1.77. The molecular weight excluding hydrogens is 470 g/mol. The number of thiazole rings is 1. The van der Waals surface area contributed by atoms with Crippen molar-refractivity contribution in [2.24, 2.45) is 23.2 Å². The van der Waals surface area contributed by atoms with Crippen LogP contribution in [-0.4, -0.2) is 42.0 Å². The van der Waals surface area contributed by atoms with Crippen molar-refractivity contribution in [1.82, 2.24) is 4.98 Å². The van der Waals surface area contributed by atoms with Gasteiger partial charge in [-0.2, -0.15) is 0 Å². The number of ether oxygens (including phenoxy) is 1. The van der Waals surface area contributed by atoms with Crippen molar-refractivity contribution < 1.29 is 19.4 Å². The number of aryl methyl sites for hydroxylation is 1. The maximum absolute atomic E-state index is 12.7. The van der Waals surface area contributed by atoms with Crippen molar-refractivity contribution in [2.45, 2.75) is 112 Å². The molecule has 5 nitrogen and oxygen atoms in total. The molecule has 0 bridgehead atoms. The zero-order valence-electron chi connectivity index (χ0n) is 24.2. The zero-order valence-corrected chi connectivity index (χ0v) is 25.0. The predicted octanol–water partition coefficient (Wildman–Crippen LogP) is 7.69. The molecular formula is C30H53NO4S. The van der Waals surface area contributed by atoms with Crippen LogP contribution in [0.5, 0.6) is 0 Å². The lowest BCUT2D eigenvalue weighted by atomic mass is 9.74. The van der Waals surface area contributed by atoms with Gasteiger partial charge >= 0.3 is 0 Å². The molecule has 0 aliphatic carbocycles. The van der Waals surface area contributed by atoms with Gasteiger partial charge in [-0.05, 0) is 44.6 Å². The molecule has 0 fully saturated rings. The summed E-state index contributed by atoms with van der Waals surface area (Å²) in [6.45, 7) is 14.8. The summed E-state index contributed by atoms with van der Waals surface area (Å²) in [5.74, 6) is 1.23. The molecule has 4 atom stereocenters. The number of carbonyl (C=O) groups excluding carboxylic acids is 2. The molecule has 0 amide bonds. The Labute approximate surface area is 225 Å². The number of allylic oxidation sites excluding steroid dienone is 1. The number of hydrogen-bond acceptors (Lipinski definition) is 6. The lowest BCUT2D eigenvalue weighted by molar-refractivity contribution is -0.138. The molecule has 0 saturated heterocycles. The van der Waals surface area contributed by atoms with Crippen LogP contribution < -0.4 is 0 Å². The largest absolute Gasteiger partial charge is 0.392 e. The number of aldehydes is 1. The normalized spacial score (nSPS) is 15.1. The lowest BCUT2D eigenvalue weighted by Gasteiger charge is -2.31. The van der Waals surface area contributed by atoms with Gasteiger partial charge in [0.05, 0.1) is 16.8 Å². The van der Waals surface area contributed by atoms with Crippen LogP contribution in [0.1, 0.15) is 110 Å². The van der Waals surface area contributed by atoms with E-state index in [0.29, 0.717) is 12.2 Å². The van der Waals surface area contributed by atoms with E-state index in [1.807, 2.05) is 32.9 Å². The van der Waals surface area contributed by atoms with E-state index < -0.39 is 11.5 Å². The summed E-state index contributed by atoms with van der Waals surface area (Å²) in [6.07, 6.45) is 13.2. The molecule has 0 spiro atoms. The average molecular weight is 524 g/mol. The minimum Gasteiger partial charge on any atom is -0.392 e. The molecule has 1 unspecified atom stereocenters. The number of carbonyl (C=O) groups is 2. The fourth-order valence-corrected chi connectivity index (χ4v) is 5.27. The van der Waals surface area contributed by atoms with Crippen LogP contribution in [0.4, 0.5) is 0 Å². The number of nitrogens with zero attached hydrogens (tertiary/aromatic N) is 1. The van der Waals surface area contributed by atoms with Crippen LogP contribution in [0.15, 0.2) is 11.5 Å². The molecule has 0 radical (unpaired) electrons. The summed E-state index contributed by atoms with van der Waals surface area (Å²) >= 11 is 1.68. The van der Waals surface area contributed by atoms with E-state index in [1.54, 1.807) is 32.3 Å². The maximum Gasteiger partial charge on any atom is 0.143 e. The minimum absolute atomic E-state index is 0.0169. The van der Waals surface area contributed by atoms with Gasteiger partial charge in [-0.3, -0.25) is 4.79 Å². The quantitative estimate of drug-likeness (QED) is 0.158. The van der Waals surface area contributed by atoms with Crippen molar-refractivity contribution >= 4 is 29.5 Å². The topological polar surface area (TPSA) is 76.5 Å². The first-order chi connectivity index (χ1) is 17.0. The van der Waals surface area contributed by atoms with Gasteiger partial charge in [0.15, 0.2) is 0 Å². The van der Waals surface area contributed by atoms with Crippen molar-refractivity contribution in [3.05, 3.63) is 22.2 Å². The standard InChI is InChI=1S/C23H44O4.C7H9NS/c1-7-10-20(14-16-27-6)12-9-8-11-18(2)17-19(3)22(26)23(4,5)21(25)13-15-24;1-3-4-7-5-9-6(2)8-7/h15,18-21,25H,7-14,16-17H2,1-6H3;3-5H,1-2H3/b;4-3-/t18-,19+,20-,21?;/m0./s1. The molecule has 0 aromatic carbocycles. The molecule has 36 heavy (non-hydrogen) atoms. The third-order valence-electron chi connectivity index (χ3n) is 6.95. The monoisotopic (exact) mass is 523 g/mol. The molecule has 1 aromatic heterocycles. The SMILES string of the molecule is C/C=C\c1csc(C)n1.CCC[C@@H](CCCC[C@H](C)C[C@@H](C)C(=O)C(C)(C)C(O)CC=O)CCOC.